The molecular weight excluding hydrogens is 436 g/mol. The Labute approximate surface area is 178 Å². The fourth-order valence-corrected chi connectivity index (χ4v) is 5.28. The Kier molecular flexibility index (Phi) is 6.70. The molecule has 0 aliphatic carbocycles. The molecule has 3 rings (SSSR count). The number of piperidine rings is 1. The minimum atomic E-state index is -4.90. The van der Waals surface area contributed by atoms with E-state index in [2.05, 4.69) is 5.32 Å². The third kappa shape index (κ3) is 5.43. The third-order valence-electron chi connectivity index (χ3n) is 5.18. The molecule has 31 heavy (non-hydrogen) atoms. The maximum absolute atomic E-state index is 13.4. The number of benzene rings is 2. The molecule has 1 saturated heterocycles. The van der Waals surface area contributed by atoms with E-state index in [0.717, 1.165) is 18.1 Å². The summed E-state index contributed by atoms with van der Waals surface area (Å²) in [6.07, 6.45) is -3.28. The van der Waals surface area contributed by atoms with Crippen molar-refractivity contribution in [1.29, 1.82) is 0 Å². The smallest absolute Gasteiger partial charge is 0.326 e. The first-order valence-electron chi connectivity index (χ1n) is 9.73. The summed E-state index contributed by atoms with van der Waals surface area (Å²) in [4.78, 5) is 12.6. The van der Waals surface area contributed by atoms with Gasteiger partial charge in [0.25, 0.3) is 0 Å². The Balaban J connectivity index is 1.76. The lowest BCUT2D eigenvalue weighted by Gasteiger charge is -2.34. The van der Waals surface area contributed by atoms with Gasteiger partial charge in [-0.1, -0.05) is 24.1 Å². The van der Waals surface area contributed by atoms with Gasteiger partial charge in [-0.05, 0) is 50.1 Å². The molecule has 1 aliphatic rings. The number of amides is 1. The number of hydrogen-bond acceptors (Lipinski definition) is 3. The molecule has 0 aromatic heterocycles. The molecule has 1 N–H and O–H groups in total. The van der Waals surface area contributed by atoms with Crippen molar-refractivity contribution in [2.75, 3.05) is 11.9 Å². The molecule has 0 unspecified atom stereocenters. The standard InChI is InChI=1S/C21H22F4N2O3S/c1-14-5-8-17(9-6-14)31(29,30)27-11-3-2-4-16(27)13-20(28)26-15-7-10-19(22)18(12-15)21(23,24)25/h5-10,12,16H,2-4,11,13H2,1H3,(H,26,28)/t16-/m0/s1. The predicted molar refractivity (Wildman–Crippen MR) is 107 cm³/mol. The van der Waals surface area contributed by atoms with Gasteiger partial charge in [0.15, 0.2) is 0 Å². The molecule has 0 spiro atoms. The van der Waals surface area contributed by atoms with Gasteiger partial charge in [0.05, 0.1) is 10.5 Å². The highest BCUT2D eigenvalue weighted by Gasteiger charge is 2.36. The minimum Gasteiger partial charge on any atom is -0.326 e. The molecule has 168 valence electrons. The maximum Gasteiger partial charge on any atom is 0.419 e. The van der Waals surface area contributed by atoms with Crippen LogP contribution >= 0.6 is 0 Å². The van der Waals surface area contributed by atoms with Gasteiger partial charge in [-0.15, -0.1) is 0 Å². The topological polar surface area (TPSA) is 66.5 Å². The molecule has 0 saturated carbocycles. The SMILES string of the molecule is Cc1ccc(S(=O)(=O)N2CCCC[C@H]2CC(=O)Nc2ccc(F)c(C(F)(F)F)c2)cc1. The highest BCUT2D eigenvalue weighted by Crippen LogP contribution is 2.33. The van der Waals surface area contributed by atoms with Crippen molar-refractivity contribution < 1.29 is 30.8 Å². The molecule has 0 radical (unpaired) electrons. The maximum atomic E-state index is 13.4. The van der Waals surface area contributed by atoms with Crippen LogP contribution < -0.4 is 5.32 Å². The van der Waals surface area contributed by atoms with Gasteiger partial charge >= 0.3 is 6.18 Å². The first-order valence-corrected chi connectivity index (χ1v) is 11.2. The summed E-state index contributed by atoms with van der Waals surface area (Å²) >= 11 is 0. The largest absolute Gasteiger partial charge is 0.419 e. The molecule has 1 fully saturated rings. The second kappa shape index (κ2) is 8.96. The van der Waals surface area contributed by atoms with Crippen molar-refractivity contribution in [3.8, 4) is 0 Å². The Bertz CT molecular complexity index is 1050. The summed E-state index contributed by atoms with van der Waals surface area (Å²) in [5.41, 5.74) is -0.778. The Morgan fingerprint density at radius 2 is 1.81 bits per heavy atom. The van der Waals surface area contributed by atoms with Crippen molar-refractivity contribution in [3.05, 3.63) is 59.4 Å². The van der Waals surface area contributed by atoms with Gasteiger partial charge in [-0.25, -0.2) is 12.8 Å². The van der Waals surface area contributed by atoms with E-state index in [1.165, 1.54) is 16.4 Å². The number of nitrogens with one attached hydrogen (secondary N) is 1. The number of rotatable bonds is 5. The van der Waals surface area contributed by atoms with Crippen LogP contribution in [0, 0.1) is 12.7 Å². The van der Waals surface area contributed by atoms with Crippen LogP contribution in [0.25, 0.3) is 0 Å². The number of carbonyl (C=O) groups excluding carboxylic acids is 1. The number of hydrogen-bond donors (Lipinski definition) is 1. The minimum absolute atomic E-state index is 0.124. The predicted octanol–water partition coefficient (Wildman–Crippen LogP) is 4.72. The quantitative estimate of drug-likeness (QED) is 0.659. The number of anilines is 1. The van der Waals surface area contributed by atoms with Crippen LogP contribution in [0.15, 0.2) is 47.4 Å². The summed E-state index contributed by atoms with van der Waals surface area (Å²) < 4.78 is 79.5. The average molecular weight is 458 g/mol. The first kappa shape index (κ1) is 23.2. The third-order valence-corrected chi connectivity index (χ3v) is 7.14. The van der Waals surface area contributed by atoms with E-state index in [1.54, 1.807) is 12.1 Å². The van der Waals surface area contributed by atoms with Crippen molar-refractivity contribution in [2.24, 2.45) is 0 Å². The summed E-state index contributed by atoms with van der Waals surface area (Å²) in [5, 5.41) is 2.32. The Morgan fingerprint density at radius 3 is 2.45 bits per heavy atom. The van der Waals surface area contributed by atoms with E-state index in [0.29, 0.717) is 25.0 Å². The van der Waals surface area contributed by atoms with Gasteiger partial charge in [-0.3, -0.25) is 4.79 Å². The molecule has 5 nitrogen and oxygen atoms in total. The van der Waals surface area contributed by atoms with Crippen molar-refractivity contribution in [2.45, 2.75) is 49.7 Å². The normalized spacial score (nSPS) is 18.0. The van der Waals surface area contributed by atoms with Gasteiger partial charge in [0.2, 0.25) is 15.9 Å². The van der Waals surface area contributed by atoms with Crippen LogP contribution in [-0.4, -0.2) is 31.2 Å². The molecule has 2 aromatic carbocycles. The fourth-order valence-electron chi connectivity index (χ4n) is 3.59. The summed E-state index contributed by atoms with van der Waals surface area (Å²) in [7, 11) is -3.82. The highest BCUT2D eigenvalue weighted by molar-refractivity contribution is 7.89. The number of alkyl halides is 3. The number of sulfonamides is 1. The van der Waals surface area contributed by atoms with Crippen LogP contribution in [0.2, 0.25) is 0 Å². The van der Waals surface area contributed by atoms with E-state index in [4.69, 9.17) is 0 Å². The summed E-state index contributed by atoms with van der Waals surface area (Å²) in [6, 6.07) is 7.95. The lowest BCUT2D eigenvalue weighted by atomic mass is 10.0. The average Bonchev–Trinajstić information content (AvgIpc) is 2.69. The fraction of sp³-hybridized carbons (Fsp3) is 0.381. The highest BCUT2D eigenvalue weighted by atomic mass is 32.2. The zero-order valence-electron chi connectivity index (χ0n) is 16.7. The van der Waals surface area contributed by atoms with E-state index in [1.807, 2.05) is 6.92 Å². The zero-order valence-corrected chi connectivity index (χ0v) is 17.6. The Hall–Kier alpha value is -2.46. The Morgan fingerprint density at radius 1 is 1.13 bits per heavy atom. The van der Waals surface area contributed by atoms with Crippen LogP contribution in [0.3, 0.4) is 0 Å². The van der Waals surface area contributed by atoms with Gasteiger partial charge in [0.1, 0.15) is 5.82 Å². The number of halogens is 4. The van der Waals surface area contributed by atoms with Crippen LogP contribution in [0.5, 0.6) is 0 Å². The molecule has 1 amide bonds. The molecular formula is C21H22F4N2O3S. The number of carbonyl (C=O) groups is 1. The van der Waals surface area contributed by atoms with Crippen LogP contribution in [-0.2, 0) is 21.0 Å². The second-order valence-corrected chi connectivity index (χ2v) is 9.41. The van der Waals surface area contributed by atoms with E-state index >= 15 is 0 Å². The lowest BCUT2D eigenvalue weighted by molar-refractivity contribution is -0.140. The molecule has 1 atom stereocenters. The van der Waals surface area contributed by atoms with E-state index < -0.39 is 39.5 Å². The van der Waals surface area contributed by atoms with Crippen molar-refractivity contribution in [1.82, 2.24) is 4.31 Å². The summed E-state index contributed by atoms with van der Waals surface area (Å²) in [5.74, 6) is -2.08. The molecule has 2 aromatic rings. The van der Waals surface area contributed by atoms with Gasteiger partial charge < -0.3 is 5.32 Å². The van der Waals surface area contributed by atoms with Crippen LogP contribution in [0.1, 0.15) is 36.8 Å². The van der Waals surface area contributed by atoms with Crippen molar-refractivity contribution >= 4 is 21.6 Å². The molecule has 10 heteroatoms. The van der Waals surface area contributed by atoms with Gasteiger partial charge in [-0.2, -0.15) is 17.5 Å². The monoisotopic (exact) mass is 458 g/mol. The second-order valence-electron chi connectivity index (χ2n) is 7.52. The van der Waals surface area contributed by atoms with E-state index in [9.17, 15) is 30.8 Å². The number of nitrogens with zero attached hydrogens (tertiary/aromatic N) is 1. The molecule has 1 aliphatic heterocycles. The number of aryl methyl sites for hydroxylation is 1. The molecule has 0 bridgehead atoms. The van der Waals surface area contributed by atoms with Crippen molar-refractivity contribution in [3.63, 3.8) is 0 Å². The zero-order chi connectivity index (χ0) is 22.8. The van der Waals surface area contributed by atoms with Crippen LogP contribution in [0.4, 0.5) is 23.2 Å². The first-order chi connectivity index (χ1) is 14.5. The molecule has 1 heterocycles. The summed E-state index contributed by atoms with van der Waals surface area (Å²) in [6.45, 7) is 2.09. The van der Waals surface area contributed by atoms with Gasteiger partial charge in [0, 0.05) is 24.7 Å². The van der Waals surface area contributed by atoms with E-state index in [-0.39, 0.29) is 23.5 Å². The lowest BCUT2D eigenvalue weighted by Crippen LogP contribution is -2.45.